The number of ether oxygens (including phenoxy) is 1. The summed E-state index contributed by atoms with van der Waals surface area (Å²) in [6.07, 6.45) is 0. The molecule has 1 aromatic carbocycles. The number of benzene rings is 1. The van der Waals surface area contributed by atoms with Gasteiger partial charge < -0.3 is 25.4 Å². The predicted octanol–water partition coefficient (Wildman–Crippen LogP) is 1.21. The Morgan fingerprint density at radius 3 is 2.47 bits per heavy atom. The third-order valence-corrected chi connectivity index (χ3v) is 5.01. The molecule has 0 aromatic heterocycles. The van der Waals surface area contributed by atoms with Crippen LogP contribution in [0.2, 0.25) is 0 Å². The minimum Gasteiger partial charge on any atom is -0.387 e. The molecule has 1 fully saturated rings. The number of hydrogen-bond acceptors (Lipinski definition) is 5. The van der Waals surface area contributed by atoms with Gasteiger partial charge in [-0.3, -0.25) is 9.89 Å². The number of rotatable bonds is 9. The van der Waals surface area contributed by atoms with Crippen molar-refractivity contribution in [1.29, 1.82) is 0 Å². The molecule has 2 unspecified atom stereocenters. The van der Waals surface area contributed by atoms with E-state index >= 15 is 0 Å². The largest absolute Gasteiger partial charge is 0.387 e. The van der Waals surface area contributed by atoms with Gasteiger partial charge in [0.25, 0.3) is 0 Å². The average Bonchev–Trinajstić information content (AvgIpc) is 2.68. The highest BCUT2D eigenvalue weighted by Crippen LogP contribution is 2.23. The number of aliphatic hydroxyl groups is 1. The summed E-state index contributed by atoms with van der Waals surface area (Å²) in [5.74, 6) is -0.667. The molecular formula is C21H35F2N5O2. The van der Waals surface area contributed by atoms with Crippen molar-refractivity contribution in [3.05, 3.63) is 35.4 Å². The predicted molar refractivity (Wildman–Crippen MR) is 115 cm³/mol. The number of hydrogen-bond donors (Lipinski definition) is 3. The SMILES string of the molecule is CCNC(=NCC(C)(O)CN1CCOCC1)NCC(c1c(F)cccc1F)N(C)C. The van der Waals surface area contributed by atoms with Crippen LogP contribution in [0.15, 0.2) is 23.2 Å². The number of morpholine rings is 1. The van der Waals surface area contributed by atoms with Crippen LogP contribution in [0.3, 0.4) is 0 Å². The zero-order chi connectivity index (χ0) is 22.1. The fourth-order valence-electron chi connectivity index (χ4n) is 3.45. The molecule has 2 atom stereocenters. The monoisotopic (exact) mass is 427 g/mol. The first-order valence-electron chi connectivity index (χ1n) is 10.4. The molecule has 30 heavy (non-hydrogen) atoms. The van der Waals surface area contributed by atoms with Gasteiger partial charge in [-0.15, -0.1) is 0 Å². The summed E-state index contributed by atoms with van der Waals surface area (Å²) >= 11 is 0. The molecule has 0 amide bonds. The molecule has 2 rings (SSSR count). The summed E-state index contributed by atoms with van der Waals surface area (Å²) < 4.78 is 33.9. The molecule has 0 bridgehead atoms. The second-order valence-electron chi connectivity index (χ2n) is 8.08. The van der Waals surface area contributed by atoms with Gasteiger partial charge in [0.05, 0.1) is 31.4 Å². The number of nitrogens with one attached hydrogen (secondary N) is 2. The highest BCUT2D eigenvalue weighted by Gasteiger charge is 2.26. The summed E-state index contributed by atoms with van der Waals surface area (Å²) in [5, 5.41) is 17.0. The van der Waals surface area contributed by atoms with E-state index in [2.05, 4.69) is 20.5 Å². The van der Waals surface area contributed by atoms with E-state index in [9.17, 15) is 13.9 Å². The van der Waals surface area contributed by atoms with Crippen LogP contribution in [0.25, 0.3) is 0 Å². The van der Waals surface area contributed by atoms with E-state index in [1.807, 2.05) is 6.92 Å². The Kier molecular flexibility index (Phi) is 9.41. The minimum absolute atomic E-state index is 0.0187. The fraction of sp³-hybridized carbons (Fsp3) is 0.667. The van der Waals surface area contributed by atoms with Gasteiger partial charge in [0.15, 0.2) is 5.96 Å². The van der Waals surface area contributed by atoms with Gasteiger partial charge >= 0.3 is 0 Å². The summed E-state index contributed by atoms with van der Waals surface area (Å²) in [7, 11) is 3.55. The summed E-state index contributed by atoms with van der Waals surface area (Å²) in [6, 6.07) is 3.36. The first-order valence-corrected chi connectivity index (χ1v) is 10.4. The smallest absolute Gasteiger partial charge is 0.191 e. The van der Waals surface area contributed by atoms with Crippen molar-refractivity contribution in [3.8, 4) is 0 Å². The van der Waals surface area contributed by atoms with Crippen molar-refractivity contribution >= 4 is 5.96 Å². The van der Waals surface area contributed by atoms with E-state index in [1.54, 1.807) is 25.9 Å². The Labute approximate surface area is 178 Å². The summed E-state index contributed by atoms with van der Waals surface area (Å²) in [5.41, 5.74) is -0.983. The molecule has 1 saturated heterocycles. The van der Waals surface area contributed by atoms with Gasteiger partial charge in [-0.1, -0.05) is 6.07 Å². The standard InChI is InChI=1S/C21H35F2N5O2/c1-5-24-20(26-14-21(2,29)15-28-9-11-30-12-10-28)25-13-18(27(3)4)19-16(22)7-6-8-17(19)23/h6-8,18,29H,5,9-15H2,1-4H3,(H2,24,25,26). The molecule has 170 valence electrons. The second kappa shape index (κ2) is 11.5. The molecule has 0 saturated carbocycles. The number of likely N-dealkylation sites (N-methyl/N-ethyl adjacent to an activating group) is 1. The number of halogens is 2. The van der Waals surface area contributed by atoms with Crippen LogP contribution >= 0.6 is 0 Å². The van der Waals surface area contributed by atoms with Crippen LogP contribution in [0.4, 0.5) is 8.78 Å². The first-order chi connectivity index (χ1) is 14.2. The average molecular weight is 428 g/mol. The van der Waals surface area contributed by atoms with E-state index in [4.69, 9.17) is 4.74 Å². The summed E-state index contributed by atoms with van der Waals surface area (Å²) in [6.45, 7) is 8.18. The minimum atomic E-state index is -1.00. The van der Waals surface area contributed by atoms with E-state index in [1.165, 1.54) is 18.2 Å². The van der Waals surface area contributed by atoms with Gasteiger partial charge in [-0.25, -0.2) is 8.78 Å². The molecule has 0 spiro atoms. The normalized spacial score (nSPS) is 18.9. The third-order valence-electron chi connectivity index (χ3n) is 5.01. The zero-order valence-corrected chi connectivity index (χ0v) is 18.4. The fourth-order valence-corrected chi connectivity index (χ4v) is 3.45. The van der Waals surface area contributed by atoms with Crippen molar-refractivity contribution in [2.24, 2.45) is 4.99 Å². The van der Waals surface area contributed by atoms with Crippen LogP contribution in [0.5, 0.6) is 0 Å². The number of guanidine groups is 1. The van der Waals surface area contributed by atoms with Gasteiger partial charge in [-0.05, 0) is 40.1 Å². The Balaban J connectivity index is 2.03. The second-order valence-corrected chi connectivity index (χ2v) is 8.08. The lowest BCUT2D eigenvalue weighted by molar-refractivity contribution is -0.0180. The lowest BCUT2D eigenvalue weighted by Crippen LogP contribution is -2.48. The molecule has 0 aliphatic carbocycles. The molecule has 7 nitrogen and oxygen atoms in total. The van der Waals surface area contributed by atoms with E-state index < -0.39 is 23.3 Å². The molecule has 0 radical (unpaired) electrons. The number of aliphatic imine (C=N–C) groups is 1. The lowest BCUT2D eigenvalue weighted by atomic mass is 10.0. The zero-order valence-electron chi connectivity index (χ0n) is 18.4. The maximum Gasteiger partial charge on any atom is 0.191 e. The topological polar surface area (TPSA) is 72.4 Å². The van der Waals surface area contributed by atoms with E-state index in [-0.39, 0.29) is 18.7 Å². The van der Waals surface area contributed by atoms with Crippen molar-refractivity contribution < 1.29 is 18.6 Å². The maximum absolute atomic E-state index is 14.3. The third kappa shape index (κ3) is 7.46. The first kappa shape index (κ1) is 24.5. The quantitative estimate of drug-likeness (QED) is 0.407. The Bertz CT molecular complexity index is 674. The number of β-amino-alcohol motifs (C(OH)–C–C–N with tert-alkyl or cyclic N) is 1. The molecule has 9 heteroatoms. The highest BCUT2D eigenvalue weighted by atomic mass is 19.1. The van der Waals surface area contributed by atoms with Crippen LogP contribution in [0.1, 0.15) is 25.5 Å². The molecule has 1 aliphatic heterocycles. The molecule has 1 heterocycles. The van der Waals surface area contributed by atoms with Crippen molar-refractivity contribution in [2.45, 2.75) is 25.5 Å². The molecular weight excluding hydrogens is 392 g/mol. The molecule has 1 aromatic rings. The highest BCUT2D eigenvalue weighted by molar-refractivity contribution is 5.79. The van der Waals surface area contributed by atoms with E-state index in [0.29, 0.717) is 32.3 Å². The van der Waals surface area contributed by atoms with Gasteiger partial charge in [0, 0.05) is 38.3 Å². The Morgan fingerprint density at radius 1 is 1.27 bits per heavy atom. The van der Waals surface area contributed by atoms with Crippen LogP contribution in [-0.4, -0.2) is 93.0 Å². The number of nitrogens with zero attached hydrogens (tertiary/aromatic N) is 3. The van der Waals surface area contributed by atoms with Crippen molar-refractivity contribution in [2.75, 3.05) is 66.6 Å². The van der Waals surface area contributed by atoms with Crippen LogP contribution in [-0.2, 0) is 4.74 Å². The van der Waals surface area contributed by atoms with Gasteiger partial charge in [0.1, 0.15) is 11.6 Å². The Morgan fingerprint density at radius 2 is 1.90 bits per heavy atom. The Hall–Kier alpha value is -1.81. The molecule has 3 N–H and O–H groups in total. The van der Waals surface area contributed by atoms with E-state index in [0.717, 1.165) is 13.1 Å². The lowest BCUT2D eigenvalue weighted by Gasteiger charge is -2.33. The van der Waals surface area contributed by atoms with Crippen LogP contribution in [0, 0.1) is 11.6 Å². The van der Waals surface area contributed by atoms with Gasteiger partial charge in [0.2, 0.25) is 0 Å². The summed E-state index contributed by atoms with van der Waals surface area (Å²) in [4.78, 5) is 8.41. The maximum atomic E-state index is 14.3. The van der Waals surface area contributed by atoms with Gasteiger partial charge in [-0.2, -0.15) is 0 Å². The van der Waals surface area contributed by atoms with Crippen LogP contribution < -0.4 is 10.6 Å². The van der Waals surface area contributed by atoms with Crippen molar-refractivity contribution in [3.63, 3.8) is 0 Å². The van der Waals surface area contributed by atoms with Crippen molar-refractivity contribution in [1.82, 2.24) is 20.4 Å². The molecule has 1 aliphatic rings.